The van der Waals surface area contributed by atoms with E-state index < -0.39 is 0 Å². The number of benzene rings is 2. The Labute approximate surface area is 159 Å². The van der Waals surface area contributed by atoms with Crippen molar-refractivity contribution in [3.8, 4) is 5.75 Å². The molecule has 27 heavy (non-hydrogen) atoms. The largest absolute Gasteiger partial charge is 0.484 e. The predicted molar refractivity (Wildman–Crippen MR) is 106 cm³/mol. The average Bonchev–Trinajstić information content (AvgIpc) is 2.68. The fourth-order valence-electron chi connectivity index (χ4n) is 3.20. The molecule has 0 atom stereocenters. The van der Waals surface area contributed by atoms with Gasteiger partial charge in [-0.25, -0.2) is 4.39 Å². The molecule has 6 heteroatoms. The molecule has 1 N–H and O–H groups in total. The molecule has 1 aliphatic rings. The molecule has 1 heterocycles. The van der Waals surface area contributed by atoms with E-state index in [0.717, 1.165) is 44.0 Å². The Balaban J connectivity index is 1.55. The molecular weight excluding hydrogens is 345 g/mol. The number of carbonyl (C=O) groups excluding carboxylic acids is 1. The van der Waals surface area contributed by atoms with Gasteiger partial charge in [-0.15, -0.1) is 0 Å². The van der Waals surface area contributed by atoms with Crippen molar-refractivity contribution in [3.05, 3.63) is 53.8 Å². The van der Waals surface area contributed by atoms with Gasteiger partial charge in [-0.1, -0.05) is 13.0 Å². The number of piperazine rings is 1. The van der Waals surface area contributed by atoms with Crippen molar-refractivity contribution in [1.82, 2.24) is 4.90 Å². The minimum absolute atomic E-state index is 0.163. The maximum atomic E-state index is 13.1. The molecule has 0 spiro atoms. The molecule has 2 aromatic rings. The maximum Gasteiger partial charge on any atom is 0.262 e. The fraction of sp³-hybridized carbons (Fsp3) is 0.381. The molecule has 0 aromatic heterocycles. The Hall–Kier alpha value is -2.60. The summed E-state index contributed by atoms with van der Waals surface area (Å²) in [4.78, 5) is 16.9. The highest BCUT2D eigenvalue weighted by Gasteiger charge is 2.16. The lowest BCUT2D eigenvalue weighted by Gasteiger charge is -2.35. The van der Waals surface area contributed by atoms with Gasteiger partial charge in [0.25, 0.3) is 5.91 Å². The van der Waals surface area contributed by atoms with Crippen molar-refractivity contribution in [1.29, 1.82) is 0 Å². The smallest absolute Gasteiger partial charge is 0.262 e. The number of halogens is 1. The number of carbonyl (C=O) groups is 1. The van der Waals surface area contributed by atoms with Crippen LogP contribution in [0, 0.1) is 12.7 Å². The van der Waals surface area contributed by atoms with E-state index in [-0.39, 0.29) is 18.3 Å². The number of nitrogens with zero attached hydrogens (tertiary/aromatic N) is 2. The van der Waals surface area contributed by atoms with Gasteiger partial charge < -0.3 is 19.9 Å². The molecule has 0 unspecified atom stereocenters. The lowest BCUT2D eigenvalue weighted by molar-refractivity contribution is -0.118. The highest BCUT2D eigenvalue weighted by Crippen LogP contribution is 2.24. The van der Waals surface area contributed by atoms with Crippen molar-refractivity contribution in [2.45, 2.75) is 13.8 Å². The number of likely N-dealkylation sites (N-methyl/N-ethyl adjacent to an activating group) is 1. The van der Waals surface area contributed by atoms with Crippen LogP contribution in [0.2, 0.25) is 0 Å². The number of nitrogens with one attached hydrogen (secondary N) is 1. The number of amides is 1. The van der Waals surface area contributed by atoms with E-state index in [0.29, 0.717) is 5.75 Å². The zero-order chi connectivity index (χ0) is 19.2. The van der Waals surface area contributed by atoms with Gasteiger partial charge in [0, 0.05) is 43.6 Å². The number of rotatable bonds is 6. The standard InChI is InChI=1S/C21H26FN3O2/c1-3-24-9-11-25(12-10-24)18-7-8-20(16(2)13-18)23-21(26)15-27-19-6-4-5-17(22)14-19/h4-8,13-14H,3,9-12,15H2,1-2H3,(H,23,26). The van der Waals surface area contributed by atoms with Gasteiger partial charge in [-0.2, -0.15) is 0 Å². The third-order valence-corrected chi connectivity index (χ3v) is 4.83. The fourth-order valence-corrected chi connectivity index (χ4v) is 3.20. The van der Waals surface area contributed by atoms with Gasteiger partial charge >= 0.3 is 0 Å². The van der Waals surface area contributed by atoms with E-state index in [2.05, 4.69) is 28.1 Å². The van der Waals surface area contributed by atoms with Gasteiger partial charge in [0.15, 0.2) is 6.61 Å². The van der Waals surface area contributed by atoms with Crippen molar-refractivity contribution >= 4 is 17.3 Å². The maximum absolute atomic E-state index is 13.1. The van der Waals surface area contributed by atoms with Gasteiger partial charge in [0.2, 0.25) is 0 Å². The Morgan fingerprint density at radius 2 is 1.93 bits per heavy atom. The molecule has 1 aliphatic heterocycles. The Morgan fingerprint density at radius 3 is 2.59 bits per heavy atom. The lowest BCUT2D eigenvalue weighted by Crippen LogP contribution is -2.46. The first-order valence-corrected chi connectivity index (χ1v) is 9.31. The molecule has 2 aromatic carbocycles. The summed E-state index contributed by atoms with van der Waals surface area (Å²) in [6.45, 7) is 9.28. The molecule has 0 saturated carbocycles. The number of ether oxygens (including phenoxy) is 1. The summed E-state index contributed by atoms with van der Waals surface area (Å²) >= 11 is 0. The van der Waals surface area contributed by atoms with Crippen LogP contribution in [0.1, 0.15) is 12.5 Å². The summed E-state index contributed by atoms with van der Waals surface area (Å²) in [5.74, 6) is -0.325. The summed E-state index contributed by atoms with van der Waals surface area (Å²) in [6.07, 6.45) is 0. The van der Waals surface area contributed by atoms with Gasteiger partial charge in [-0.3, -0.25) is 4.79 Å². The third kappa shape index (κ3) is 5.20. The number of hydrogen-bond donors (Lipinski definition) is 1. The second kappa shape index (κ2) is 8.86. The van der Waals surface area contributed by atoms with Crippen LogP contribution in [0.15, 0.2) is 42.5 Å². The third-order valence-electron chi connectivity index (χ3n) is 4.83. The van der Waals surface area contributed by atoms with Crippen LogP contribution in [0.3, 0.4) is 0 Å². The first-order valence-electron chi connectivity index (χ1n) is 9.31. The van der Waals surface area contributed by atoms with E-state index in [1.165, 1.54) is 17.8 Å². The van der Waals surface area contributed by atoms with Crippen LogP contribution in [0.4, 0.5) is 15.8 Å². The highest BCUT2D eigenvalue weighted by atomic mass is 19.1. The van der Waals surface area contributed by atoms with E-state index >= 15 is 0 Å². The molecule has 3 rings (SSSR count). The van der Waals surface area contributed by atoms with E-state index in [4.69, 9.17) is 4.74 Å². The predicted octanol–water partition coefficient (Wildman–Crippen LogP) is 3.29. The first kappa shape index (κ1) is 19.2. The molecule has 144 valence electrons. The molecule has 1 fully saturated rings. The zero-order valence-electron chi connectivity index (χ0n) is 15.9. The summed E-state index contributed by atoms with van der Waals surface area (Å²) in [5.41, 5.74) is 2.94. The Morgan fingerprint density at radius 1 is 1.15 bits per heavy atom. The van der Waals surface area contributed by atoms with Crippen molar-refractivity contribution in [3.63, 3.8) is 0 Å². The van der Waals surface area contributed by atoms with Crippen LogP contribution in [0.25, 0.3) is 0 Å². The van der Waals surface area contributed by atoms with Gasteiger partial charge in [0.1, 0.15) is 11.6 Å². The molecule has 0 aliphatic carbocycles. The van der Waals surface area contributed by atoms with Crippen molar-refractivity contribution in [2.24, 2.45) is 0 Å². The number of anilines is 2. The SMILES string of the molecule is CCN1CCN(c2ccc(NC(=O)COc3cccc(F)c3)c(C)c2)CC1. The summed E-state index contributed by atoms with van der Waals surface area (Å²) in [7, 11) is 0. The topological polar surface area (TPSA) is 44.8 Å². The van der Waals surface area contributed by atoms with E-state index in [1.807, 2.05) is 19.1 Å². The molecule has 1 saturated heterocycles. The molecule has 0 radical (unpaired) electrons. The molecule has 5 nitrogen and oxygen atoms in total. The van der Waals surface area contributed by atoms with Gasteiger partial charge in [-0.05, 0) is 49.4 Å². The van der Waals surface area contributed by atoms with Crippen LogP contribution >= 0.6 is 0 Å². The minimum atomic E-state index is -0.390. The normalized spacial score (nSPS) is 14.9. The zero-order valence-corrected chi connectivity index (χ0v) is 15.9. The highest BCUT2D eigenvalue weighted by molar-refractivity contribution is 5.92. The van der Waals surface area contributed by atoms with Crippen LogP contribution in [0.5, 0.6) is 5.75 Å². The van der Waals surface area contributed by atoms with E-state index in [1.54, 1.807) is 12.1 Å². The summed E-state index contributed by atoms with van der Waals surface area (Å²) in [5, 5.41) is 2.86. The van der Waals surface area contributed by atoms with Crippen LogP contribution < -0.4 is 15.0 Å². The summed E-state index contributed by atoms with van der Waals surface area (Å²) in [6, 6.07) is 11.8. The minimum Gasteiger partial charge on any atom is -0.484 e. The molecule has 0 bridgehead atoms. The van der Waals surface area contributed by atoms with Gasteiger partial charge in [0.05, 0.1) is 0 Å². The second-order valence-corrected chi connectivity index (χ2v) is 6.71. The van der Waals surface area contributed by atoms with Crippen LogP contribution in [-0.4, -0.2) is 50.1 Å². The van der Waals surface area contributed by atoms with Crippen LogP contribution in [-0.2, 0) is 4.79 Å². The van der Waals surface area contributed by atoms with Crippen molar-refractivity contribution < 1.29 is 13.9 Å². The first-order chi connectivity index (χ1) is 13.0. The monoisotopic (exact) mass is 371 g/mol. The average molecular weight is 371 g/mol. The second-order valence-electron chi connectivity index (χ2n) is 6.71. The number of hydrogen-bond acceptors (Lipinski definition) is 4. The molecular formula is C21H26FN3O2. The molecule has 1 amide bonds. The quantitative estimate of drug-likeness (QED) is 0.846. The lowest BCUT2D eigenvalue weighted by atomic mass is 10.1. The Kier molecular flexibility index (Phi) is 6.29. The summed E-state index contributed by atoms with van der Waals surface area (Å²) < 4.78 is 18.5. The Bertz CT molecular complexity index is 789. The van der Waals surface area contributed by atoms with E-state index in [9.17, 15) is 9.18 Å². The number of aryl methyl sites for hydroxylation is 1. The van der Waals surface area contributed by atoms with Crippen molar-refractivity contribution in [2.75, 3.05) is 49.5 Å².